The van der Waals surface area contributed by atoms with E-state index in [-0.39, 0.29) is 12.3 Å². The van der Waals surface area contributed by atoms with E-state index in [0.29, 0.717) is 25.6 Å². The highest BCUT2D eigenvalue weighted by molar-refractivity contribution is 5.78. The van der Waals surface area contributed by atoms with Crippen molar-refractivity contribution in [3.05, 3.63) is 0 Å². The van der Waals surface area contributed by atoms with Crippen LogP contribution < -0.4 is 5.32 Å². The number of carbonyl (C=O) groups excluding carboxylic acids is 1. The predicted molar refractivity (Wildman–Crippen MR) is 76.1 cm³/mol. The van der Waals surface area contributed by atoms with Crippen molar-refractivity contribution in [2.75, 3.05) is 26.2 Å². The number of hydrogen-bond donors (Lipinski definition) is 2. The number of hydrogen-bond acceptors (Lipinski definition) is 3. The quantitative estimate of drug-likeness (QED) is 0.562. The molecule has 1 amide bonds. The van der Waals surface area contributed by atoms with E-state index in [2.05, 4.69) is 12.2 Å². The van der Waals surface area contributed by atoms with Crippen molar-refractivity contribution in [2.24, 2.45) is 5.92 Å². The largest absolute Gasteiger partial charge is 0.481 e. The number of unbranched alkanes of at least 4 members (excludes halogenated alkanes) is 2. The van der Waals surface area contributed by atoms with E-state index in [4.69, 9.17) is 5.11 Å². The molecule has 0 aliphatic carbocycles. The zero-order chi connectivity index (χ0) is 14.7. The summed E-state index contributed by atoms with van der Waals surface area (Å²) in [4.78, 5) is 24.3. The molecule has 5 nitrogen and oxygen atoms in total. The molecule has 0 radical (unpaired) electrons. The van der Waals surface area contributed by atoms with Gasteiger partial charge in [0.1, 0.15) is 0 Å². The molecule has 0 unspecified atom stereocenters. The molecule has 2 N–H and O–H groups in total. The molecule has 0 heterocycles. The van der Waals surface area contributed by atoms with Gasteiger partial charge in [-0.15, -0.1) is 0 Å². The fraction of sp³-hybridized carbons (Fsp3) is 0.857. The Hall–Kier alpha value is -1.10. The van der Waals surface area contributed by atoms with E-state index in [1.54, 1.807) is 0 Å². The van der Waals surface area contributed by atoms with Crippen LogP contribution >= 0.6 is 0 Å². The van der Waals surface area contributed by atoms with Crippen LogP contribution in [-0.4, -0.2) is 48.1 Å². The summed E-state index contributed by atoms with van der Waals surface area (Å²) >= 11 is 0. The van der Waals surface area contributed by atoms with Crippen molar-refractivity contribution in [1.82, 2.24) is 10.2 Å². The third-order valence-electron chi connectivity index (χ3n) is 2.79. The van der Waals surface area contributed by atoms with Gasteiger partial charge in [-0.25, -0.2) is 0 Å². The lowest BCUT2D eigenvalue weighted by molar-refractivity contribution is -0.137. The summed E-state index contributed by atoms with van der Waals surface area (Å²) in [6.45, 7) is 8.40. The van der Waals surface area contributed by atoms with Gasteiger partial charge in [0.15, 0.2) is 0 Å². The van der Waals surface area contributed by atoms with Gasteiger partial charge in [-0.1, -0.05) is 33.6 Å². The number of aliphatic carboxylic acids is 1. The maximum Gasteiger partial charge on any atom is 0.304 e. The maximum atomic E-state index is 11.7. The van der Waals surface area contributed by atoms with E-state index in [9.17, 15) is 9.59 Å². The number of carbonyl (C=O) groups is 2. The molecule has 0 fully saturated rings. The topological polar surface area (TPSA) is 69.6 Å². The van der Waals surface area contributed by atoms with Crippen LogP contribution in [0.2, 0.25) is 0 Å². The van der Waals surface area contributed by atoms with E-state index in [1.165, 1.54) is 0 Å². The number of carboxylic acids is 1. The molecule has 0 aliphatic heterocycles. The summed E-state index contributed by atoms with van der Waals surface area (Å²) in [5.41, 5.74) is 0. The third kappa shape index (κ3) is 11.7. The molecule has 0 aromatic carbocycles. The fourth-order valence-electron chi connectivity index (χ4n) is 1.69. The van der Waals surface area contributed by atoms with Crippen molar-refractivity contribution < 1.29 is 14.7 Å². The van der Waals surface area contributed by atoms with Crippen LogP contribution in [0, 0.1) is 5.92 Å². The first-order valence-electron chi connectivity index (χ1n) is 7.16. The SMILES string of the molecule is CCCCCN(CCC(=O)O)CC(=O)NCC(C)C. The third-order valence-corrected chi connectivity index (χ3v) is 2.79. The van der Waals surface area contributed by atoms with Crippen LogP contribution in [-0.2, 0) is 9.59 Å². The zero-order valence-electron chi connectivity index (χ0n) is 12.4. The minimum absolute atomic E-state index is 0.0180. The number of rotatable bonds is 11. The minimum Gasteiger partial charge on any atom is -0.481 e. The predicted octanol–water partition coefficient (Wildman–Crippen LogP) is 1.73. The molecule has 0 saturated heterocycles. The summed E-state index contributed by atoms with van der Waals surface area (Å²) in [5, 5.41) is 11.6. The average Bonchev–Trinajstić information content (AvgIpc) is 2.33. The first-order valence-corrected chi connectivity index (χ1v) is 7.16. The van der Waals surface area contributed by atoms with Gasteiger partial charge >= 0.3 is 5.97 Å². The number of nitrogens with zero attached hydrogens (tertiary/aromatic N) is 1. The Bertz CT molecular complexity index is 267. The highest BCUT2D eigenvalue weighted by atomic mass is 16.4. The van der Waals surface area contributed by atoms with Gasteiger partial charge in [-0.05, 0) is 18.9 Å². The average molecular weight is 272 g/mol. The molecule has 0 rings (SSSR count). The Kier molecular flexibility index (Phi) is 10.2. The van der Waals surface area contributed by atoms with Crippen LogP contribution in [0.5, 0.6) is 0 Å². The first-order chi connectivity index (χ1) is 8.95. The summed E-state index contributed by atoms with van der Waals surface area (Å²) in [6, 6.07) is 0. The minimum atomic E-state index is -0.817. The monoisotopic (exact) mass is 272 g/mol. The van der Waals surface area contributed by atoms with Crippen molar-refractivity contribution in [2.45, 2.75) is 46.5 Å². The van der Waals surface area contributed by atoms with E-state index >= 15 is 0 Å². The van der Waals surface area contributed by atoms with Gasteiger partial charge in [0.25, 0.3) is 0 Å². The molecular formula is C14H28N2O3. The Morgan fingerprint density at radius 3 is 2.42 bits per heavy atom. The van der Waals surface area contributed by atoms with Gasteiger partial charge in [-0.3, -0.25) is 14.5 Å². The van der Waals surface area contributed by atoms with Crippen molar-refractivity contribution in [1.29, 1.82) is 0 Å². The van der Waals surface area contributed by atoms with Gasteiger partial charge in [0.05, 0.1) is 13.0 Å². The molecule has 0 bridgehead atoms. The van der Waals surface area contributed by atoms with Crippen LogP contribution in [0.25, 0.3) is 0 Å². The summed E-state index contributed by atoms with van der Waals surface area (Å²) < 4.78 is 0. The number of carboxylic acid groups (broad SMARTS) is 1. The Balaban J connectivity index is 4.07. The molecule has 0 aliphatic rings. The van der Waals surface area contributed by atoms with E-state index in [1.807, 2.05) is 18.7 Å². The molecule has 19 heavy (non-hydrogen) atoms. The van der Waals surface area contributed by atoms with Crippen LogP contribution in [0.1, 0.15) is 46.5 Å². The second-order valence-electron chi connectivity index (χ2n) is 5.32. The molecule has 5 heteroatoms. The molecule has 0 aromatic rings. The lowest BCUT2D eigenvalue weighted by Gasteiger charge is -2.21. The van der Waals surface area contributed by atoms with E-state index in [0.717, 1.165) is 25.8 Å². The summed E-state index contributed by atoms with van der Waals surface area (Å²) in [6.07, 6.45) is 3.32. The standard InChI is InChI=1S/C14H28N2O3/c1-4-5-6-8-16(9-7-14(18)19)11-13(17)15-10-12(2)3/h12H,4-11H2,1-3H3,(H,15,17)(H,18,19). The summed E-state index contributed by atoms with van der Waals surface area (Å²) in [7, 11) is 0. The van der Waals surface area contributed by atoms with Gasteiger partial charge in [-0.2, -0.15) is 0 Å². The summed E-state index contributed by atoms with van der Waals surface area (Å²) in [5.74, 6) is -0.407. The van der Waals surface area contributed by atoms with Crippen molar-refractivity contribution >= 4 is 11.9 Å². The number of nitrogens with one attached hydrogen (secondary N) is 1. The number of amides is 1. The van der Waals surface area contributed by atoms with Crippen LogP contribution in [0.4, 0.5) is 0 Å². The second-order valence-corrected chi connectivity index (χ2v) is 5.32. The van der Waals surface area contributed by atoms with Crippen LogP contribution in [0.3, 0.4) is 0 Å². The molecule has 0 atom stereocenters. The van der Waals surface area contributed by atoms with Gasteiger partial charge in [0, 0.05) is 13.1 Å². The Morgan fingerprint density at radius 1 is 1.21 bits per heavy atom. The maximum absolute atomic E-state index is 11.7. The second kappa shape index (κ2) is 10.8. The highest BCUT2D eigenvalue weighted by Gasteiger charge is 2.12. The lowest BCUT2D eigenvalue weighted by Crippen LogP contribution is -2.39. The zero-order valence-corrected chi connectivity index (χ0v) is 12.4. The fourth-order valence-corrected chi connectivity index (χ4v) is 1.69. The van der Waals surface area contributed by atoms with E-state index < -0.39 is 5.97 Å². The highest BCUT2D eigenvalue weighted by Crippen LogP contribution is 2.00. The molecule has 0 aromatic heterocycles. The first kappa shape index (κ1) is 17.9. The van der Waals surface area contributed by atoms with Crippen molar-refractivity contribution in [3.63, 3.8) is 0 Å². The molecule has 0 spiro atoms. The van der Waals surface area contributed by atoms with Gasteiger partial charge < -0.3 is 10.4 Å². The molecule has 112 valence electrons. The molecule has 0 saturated carbocycles. The lowest BCUT2D eigenvalue weighted by atomic mass is 10.2. The van der Waals surface area contributed by atoms with Gasteiger partial charge in [0.2, 0.25) is 5.91 Å². The molecular weight excluding hydrogens is 244 g/mol. The van der Waals surface area contributed by atoms with Crippen molar-refractivity contribution in [3.8, 4) is 0 Å². The smallest absolute Gasteiger partial charge is 0.304 e. The van der Waals surface area contributed by atoms with Crippen LogP contribution in [0.15, 0.2) is 0 Å². The normalized spacial score (nSPS) is 11.0. The Morgan fingerprint density at radius 2 is 1.89 bits per heavy atom. The Labute approximate surface area is 116 Å².